The number of nitrogens with one attached hydrogen (secondary N) is 1. The topological polar surface area (TPSA) is 68.0 Å². The van der Waals surface area contributed by atoms with Gasteiger partial charge in [0.25, 0.3) is 5.89 Å². The highest BCUT2D eigenvalue weighted by atomic mass is 32.2. The highest BCUT2D eigenvalue weighted by Crippen LogP contribution is 2.36. The van der Waals surface area contributed by atoms with Gasteiger partial charge >= 0.3 is 0 Å². The molecule has 22 heavy (non-hydrogen) atoms. The maximum absolute atomic E-state index is 14.3. The quantitative estimate of drug-likeness (QED) is 0.869. The average Bonchev–Trinajstić information content (AvgIpc) is 2.84. The molecule has 0 atom stereocenters. The first-order valence-corrected chi connectivity index (χ1v) is 7.94. The van der Waals surface area contributed by atoms with Gasteiger partial charge in [0.15, 0.2) is 0 Å². The summed E-state index contributed by atoms with van der Waals surface area (Å²) in [6, 6.07) is 2.96. The summed E-state index contributed by atoms with van der Waals surface area (Å²) in [5.41, 5.74) is 0.473. The van der Waals surface area contributed by atoms with E-state index in [1.54, 1.807) is 6.07 Å². The van der Waals surface area contributed by atoms with Crippen molar-refractivity contribution in [1.82, 2.24) is 10.2 Å². The average molecular weight is 321 g/mol. The Morgan fingerprint density at radius 2 is 2.09 bits per heavy atom. The van der Waals surface area contributed by atoms with Crippen molar-refractivity contribution in [3.8, 4) is 11.5 Å². The fraction of sp³-hybridized carbons (Fsp3) is 0.400. The Hall–Kier alpha value is -1.89. The first-order valence-electron chi connectivity index (χ1n) is 6.95. The largest absolute Gasteiger partial charge is 0.420 e. The lowest BCUT2D eigenvalue weighted by Crippen LogP contribution is -2.11. The number of nitrogens with zero attached hydrogens (tertiary/aromatic N) is 2. The SMILES string of the molecule is CC(C)(C)c1nnc(-c2cc3c(cc2F)SCCC(=O)N3)o1. The molecule has 1 aliphatic rings. The van der Waals surface area contributed by atoms with Gasteiger partial charge in [-0.1, -0.05) is 20.8 Å². The van der Waals surface area contributed by atoms with Crippen LogP contribution in [0.15, 0.2) is 21.4 Å². The number of fused-ring (bicyclic) bond motifs is 1. The molecule has 116 valence electrons. The maximum Gasteiger partial charge on any atom is 0.250 e. The van der Waals surface area contributed by atoms with Gasteiger partial charge in [0.2, 0.25) is 11.8 Å². The molecule has 0 saturated heterocycles. The van der Waals surface area contributed by atoms with Gasteiger partial charge in [-0.15, -0.1) is 22.0 Å². The highest BCUT2D eigenvalue weighted by molar-refractivity contribution is 7.99. The molecule has 0 fully saturated rings. The molecule has 0 radical (unpaired) electrons. The number of amides is 1. The predicted octanol–water partition coefficient (Wildman–Crippen LogP) is 3.61. The zero-order valence-corrected chi connectivity index (χ0v) is 13.4. The highest BCUT2D eigenvalue weighted by Gasteiger charge is 2.24. The Morgan fingerprint density at radius 3 is 2.77 bits per heavy atom. The molecule has 0 bridgehead atoms. The number of carbonyl (C=O) groups excluding carboxylic acids is 1. The number of thioether (sulfide) groups is 1. The van der Waals surface area contributed by atoms with Crippen molar-refractivity contribution in [3.63, 3.8) is 0 Å². The van der Waals surface area contributed by atoms with Crippen LogP contribution < -0.4 is 5.32 Å². The van der Waals surface area contributed by atoms with Crippen molar-refractivity contribution in [1.29, 1.82) is 0 Å². The summed E-state index contributed by atoms with van der Waals surface area (Å²) in [6.45, 7) is 5.82. The minimum atomic E-state index is -0.438. The van der Waals surface area contributed by atoms with Crippen molar-refractivity contribution in [2.24, 2.45) is 0 Å². The van der Waals surface area contributed by atoms with Crippen LogP contribution in [-0.2, 0) is 10.2 Å². The number of aromatic nitrogens is 2. The van der Waals surface area contributed by atoms with E-state index in [1.807, 2.05) is 20.8 Å². The lowest BCUT2D eigenvalue weighted by molar-refractivity contribution is -0.115. The zero-order valence-electron chi connectivity index (χ0n) is 12.6. The van der Waals surface area contributed by atoms with E-state index in [0.29, 0.717) is 28.6 Å². The van der Waals surface area contributed by atoms with Gasteiger partial charge < -0.3 is 9.73 Å². The zero-order chi connectivity index (χ0) is 15.9. The molecule has 5 nitrogen and oxygen atoms in total. The Balaban J connectivity index is 2.04. The molecule has 2 aromatic rings. The van der Waals surface area contributed by atoms with Crippen LogP contribution in [0.25, 0.3) is 11.5 Å². The second-order valence-electron chi connectivity index (χ2n) is 6.14. The summed E-state index contributed by atoms with van der Waals surface area (Å²) in [5.74, 6) is 0.673. The summed E-state index contributed by atoms with van der Waals surface area (Å²) >= 11 is 1.45. The summed E-state index contributed by atoms with van der Waals surface area (Å²) < 4.78 is 19.9. The third kappa shape index (κ3) is 2.85. The van der Waals surface area contributed by atoms with E-state index in [2.05, 4.69) is 15.5 Å². The van der Waals surface area contributed by atoms with Crippen LogP contribution in [0.1, 0.15) is 33.1 Å². The number of rotatable bonds is 1. The van der Waals surface area contributed by atoms with Crippen LogP contribution in [-0.4, -0.2) is 21.9 Å². The van der Waals surface area contributed by atoms with Crippen molar-refractivity contribution >= 4 is 23.4 Å². The van der Waals surface area contributed by atoms with E-state index in [4.69, 9.17) is 4.42 Å². The molecule has 1 aliphatic heterocycles. The van der Waals surface area contributed by atoms with E-state index in [-0.39, 0.29) is 22.8 Å². The van der Waals surface area contributed by atoms with Crippen LogP contribution in [0.2, 0.25) is 0 Å². The molecule has 0 saturated carbocycles. The molecule has 7 heteroatoms. The van der Waals surface area contributed by atoms with Crippen molar-refractivity contribution in [2.45, 2.75) is 37.5 Å². The number of anilines is 1. The van der Waals surface area contributed by atoms with E-state index >= 15 is 0 Å². The fourth-order valence-electron chi connectivity index (χ4n) is 2.04. The Labute approximate surface area is 131 Å². The van der Waals surface area contributed by atoms with Crippen molar-refractivity contribution in [3.05, 3.63) is 23.8 Å². The van der Waals surface area contributed by atoms with Crippen LogP contribution in [0.4, 0.5) is 10.1 Å². The minimum absolute atomic E-state index is 0.0790. The first kappa shape index (κ1) is 15.0. The van der Waals surface area contributed by atoms with Gasteiger partial charge in [0, 0.05) is 22.5 Å². The summed E-state index contributed by atoms with van der Waals surface area (Å²) in [4.78, 5) is 12.4. The molecular weight excluding hydrogens is 305 g/mol. The number of benzene rings is 1. The van der Waals surface area contributed by atoms with E-state index in [9.17, 15) is 9.18 Å². The molecule has 1 aromatic heterocycles. The molecule has 2 heterocycles. The van der Waals surface area contributed by atoms with Crippen molar-refractivity contribution < 1.29 is 13.6 Å². The third-order valence-corrected chi connectivity index (χ3v) is 4.28. The molecule has 0 spiro atoms. The Morgan fingerprint density at radius 1 is 1.32 bits per heavy atom. The van der Waals surface area contributed by atoms with Gasteiger partial charge in [-0.25, -0.2) is 4.39 Å². The lowest BCUT2D eigenvalue weighted by atomic mass is 9.97. The Bertz CT molecular complexity index is 737. The predicted molar refractivity (Wildman–Crippen MR) is 82.4 cm³/mol. The maximum atomic E-state index is 14.3. The molecule has 1 amide bonds. The normalized spacial score (nSPS) is 15.2. The third-order valence-electron chi connectivity index (χ3n) is 3.23. The molecule has 3 rings (SSSR count). The first-order chi connectivity index (χ1) is 10.3. The molecule has 1 N–H and O–H groups in total. The number of carbonyl (C=O) groups is 1. The van der Waals surface area contributed by atoms with Gasteiger partial charge in [-0.2, -0.15) is 0 Å². The van der Waals surface area contributed by atoms with Crippen LogP contribution in [0.3, 0.4) is 0 Å². The van der Waals surface area contributed by atoms with Gasteiger partial charge in [0.05, 0.1) is 11.3 Å². The van der Waals surface area contributed by atoms with Crippen molar-refractivity contribution in [2.75, 3.05) is 11.1 Å². The Kier molecular flexibility index (Phi) is 3.68. The number of halogens is 1. The fourth-order valence-corrected chi connectivity index (χ4v) is 3.00. The minimum Gasteiger partial charge on any atom is -0.420 e. The van der Waals surface area contributed by atoms with E-state index in [1.165, 1.54) is 17.8 Å². The summed E-state index contributed by atoms with van der Waals surface area (Å²) in [7, 11) is 0. The second-order valence-corrected chi connectivity index (χ2v) is 7.27. The summed E-state index contributed by atoms with van der Waals surface area (Å²) in [5, 5.41) is 10.7. The molecule has 0 aliphatic carbocycles. The monoisotopic (exact) mass is 321 g/mol. The van der Waals surface area contributed by atoms with E-state index < -0.39 is 5.82 Å². The number of hydrogen-bond donors (Lipinski definition) is 1. The van der Waals surface area contributed by atoms with Gasteiger partial charge in [-0.3, -0.25) is 4.79 Å². The van der Waals surface area contributed by atoms with Crippen LogP contribution >= 0.6 is 11.8 Å². The molecule has 1 aromatic carbocycles. The van der Waals surface area contributed by atoms with Gasteiger partial charge in [0.1, 0.15) is 5.82 Å². The summed E-state index contributed by atoms with van der Waals surface area (Å²) in [6.07, 6.45) is 0.408. The standard InChI is InChI=1S/C15H16FN3O2S/c1-15(2,3)14-19-18-13(21-14)8-6-10-11(7-9(8)16)22-5-4-12(20)17-10/h6-7H,4-5H2,1-3H3,(H,17,20). The van der Waals surface area contributed by atoms with E-state index in [0.717, 1.165) is 0 Å². The molecular formula is C15H16FN3O2S. The lowest BCUT2D eigenvalue weighted by Gasteiger charge is -2.11. The van der Waals surface area contributed by atoms with Gasteiger partial charge in [-0.05, 0) is 12.1 Å². The second kappa shape index (κ2) is 5.39. The van der Waals surface area contributed by atoms with Crippen LogP contribution in [0, 0.1) is 5.82 Å². The molecule has 0 unspecified atom stereocenters. The number of hydrogen-bond acceptors (Lipinski definition) is 5. The smallest absolute Gasteiger partial charge is 0.250 e. The van der Waals surface area contributed by atoms with Crippen LogP contribution in [0.5, 0.6) is 0 Å².